The summed E-state index contributed by atoms with van der Waals surface area (Å²) in [6.45, 7) is 3.76. The van der Waals surface area contributed by atoms with Crippen LogP contribution in [0.15, 0.2) is 65.3 Å². The van der Waals surface area contributed by atoms with Crippen molar-refractivity contribution in [1.82, 2.24) is 0 Å². The average molecular weight is 378 g/mol. The molecule has 142 valence electrons. The summed E-state index contributed by atoms with van der Waals surface area (Å²) in [6, 6.07) is 14.8. The third-order valence-electron chi connectivity index (χ3n) is 4.91. The van der Waals surface area contributed by atoms with E-state index in [4.69, 9.17) is 4.42 Å². The molecule has 3 aromatic rings. The number of benzene rings is 2. The van der Waals surface area contributed by atoms with Crippen LogP contribution in [0, 0.1) is 5.82 Å². The van der Waals surface area contributed by atoms with Crippen LogP contribution in [0.25, 0.3) is 11.1 Å². The fraction of sp³-hybridized carbons (Fsp3) is 0.182. The lowest BCUT2D eigenvalue weighted by Gasteiger charge is -2.40. The van der Waals surface area contributed by atoms with Gasteiger partial charge in [-0.15, -0.1) is 0 Å². The molecule has 2 aromatic carbocycles. The summed E-state index contributed by atoms with van der Waals surface area (Å²) in [4.78, 5) is 28.6. The highest BCUT2D eigenvalue weighted by atomic mass is 19.1. The number of furan rings is 1. The van der Waals surface area contributed by atoms with Crippen LogP contribution in [-0.2, 0) is 4.79 Å². The van der Waals surface area contributed by atoms with Gasteiger partial charge in [-0.1, -0.05) is 18.2 Å². The van der Waals surface area contributed by atoms with Crippen molar-refractivity contribution in [2.24, 2.45) is 0 Å². The Bertz CT molecular complexity index is 1030. The van der Waals surface area contributed by atoms with Crippen molar-refractivity contribution in [2.75, 3.05) is 16.3 Å². The second kappa shape index (κ2) is 6.96. The van der Waals surface area contributed by atoms with Crippen molar-refractivity contribution in [1.29, 1.82) is 0 Å². The monoisotopic (exact) mass is 378 g/mol. The fourth-order valence-electron chi connectivity index (χ4n) is 3.65. The minimum absolute atomic E-state index is 0.0895. The molecule has 0 spiro atoms. The predicted molar refractivity (Wildman–Crippen MR) is 105 cm³/mol. The molecular formula is C22H19FN2O3. The van der Waals surface area contributed by atoms with E-state index >= 15 is 0 Å². The maximum Gasteiger partial charge on any atom is 0.294 e. The summed E-state index contributed by atoms with van der Waals surface area (Å²) in [5, 5.41) is 0. The van der Waals surface area contributed by atoms with Gasteiger partial charge in [-0.2, -0.15) is 0 Å². The Morgan fingerprint density at radius 3 is 2.39 bits per heavy atom. The highest BCUT2D eigenvalue weighted by Crippen LogP contribution is 2.39. The highest BCUT2D eigenvalue weighted by molar-refractivity contribution is 6.10. The summed E-state index contributed by atoms with van der Waals surface area (Å²) >= 11 is 0. The predicted octanol–water partition coefficient (Wildman–Crippen LogP) is 4.49. The number of carbonyl (C=O) groups excluding carboxylic acids is 2. The molecule has 0 saturated heterocycles. The van der Waals surface area contributed by atoms with E-state index in [1.807, 2.05) is 25.1 Å². The Morgan fingerprint density at radius 2 is 1.75 bits per heavy atom. The molecule has 0 saturated carbocycles. The van der Waals surface area contributed by atoms with Crippen LogP contribution in [-0.4, -0.2) is 24.4 Å². The van der Waals surface area contributed by atoms with Gasteiger partial charge < -0.3 is 14.2 Å². The normalized spacial score (nSPS) is 16.0. The van der Waals surface area contributed by atoms with E-state index < -0.39 is 0 Å². The molecule has 2 amide bonds. The SMILES string of the molecule is CC(=O)N1c2ccc(-c3ccc(F)cc3)cc2N(C(=O)c2ccco2)CC1C. The van der Waals surface area contributed by atoms with Crippen LogP contribution in [0.4, 0.5) is 15.8 Å². The Labute approximate surface area is 162 Å². The first-order valence-electron chi connectivity index (χ1n) is 9.01. The number of hydrogen-bond acceptors (Lipinski definition) is 3. The molecule has 1 aromatic heterocycles. The number of hydrogen-bond donors (Lipinski definition) is 0. The molecule has 0 radical (unpaired) electrons. The van der Waals surface area contributed by atoms with Crippen LogP contribution in [0.2, 0.25) is 0 Å². The van der Waals surface area contributed by atoms with Gasteiger partial charge in [0, 0.05) is 13.5 Å². The molecule has 0 fully saturated rings. The Morgan fingerprint density at radius 1 is 1.04 bits per heavy atom. The second-order valence-corrected chi connectivity index (χ2v) is 6.84. The van der Waals surface area contributed by atoms with Gasteiger partial charge in [-0.25, -0.2) is 4.39 Å². The molecule has 0 bridgehead atoms. The van der Waals surface area contributed by atoms with E-state index in [2.05, 4.69) is 0 Å². The summed E-state index contributed by atoms with van der Waals surface area (Å²) in [5.74, 6) is -0.430. The lowest BCUT2D eigenvalue weighted by atomic mass is 10.0. The molecule has 28 heavy (non-hydrogen) atoms. The van der Waals surface area contributed by atoms with E-state index in [9.17, 15) is 14.0 Å². The molecule has 1 aliphatic rings. The van der Waals surface area contributed by atoms with Gasteiger partial charge in [0.05, 0.1) is 23.7 Å². The van der Waals surface area contributed by atoms with Crippen LogP contribution in [0.5, 0.6) is 0 Å². The van der Waals surface area contributed by atoms with E-state index in [0.29, 0.717) is 17.9 Å². The molecule has 0 aliphatic carbocycles. The first-order valence-corrected chi connectivity index (χ1v) is 9.01. The first kappa shape index (κ1) is 18.0. The summed E-state index contributed by atoms with van der Waals surface area (Å²) in [5.41, 5.74) is 2.94. The maximum absolute atomic E-state index is 13.3. The van der Waals surface area contributed by atoms with E-state index in [0.717, 1.165) is 11.1 Å². The largest absolute Gasteiger partial charge is 0.459 e. The smallest absolute Gasteiger partial charge is 0.294 e. The first-order chi connectivity index (χ1) is 13.5. The molecule has 5 nitrogen and oxygen atoms in total. The Hall–Kier alpha value is -3.41. The molecule has 1 atom stereocenters. The standard InChI is InChI=1S/C22H19FN2O3/c1-14-13-24(22(27)21-4-3-11-28-21)20-12-17(16-5-8-18(23)9-6-16)7-10-19(20)25(14)15(2)26/h3-12,14H,13H2,1-2H3. The zero-order valence-corrected chi connectivity index (χ0v) is 15.6. The van der Waals surface area contributed by atoms with Gasteiger partial charge in [-0.05, 0) is 54.4 Å². The van der Waals surface area contributed by atoms with Gasteiger partial charge >= 0.3 is 0 Å². The minimum atomic E-state index is -0.312. The number of fused-ring (bicyclic) bond motifs is 1. The van der Waals surface area contributed by atoms with Crippen molar-refractivity contribution in [2.45, 2.75) is 19.9 Å². The third kappa shape index (κ3) is 3.07. The summed E-state index contributed by atoms with van der Waals surface area (Å²) in [7, 11) is 0. The zero-order valence-electron chi connectivity index (χ0n) is 15.6. The molecular weight excluding hydrogens is 359 g/mol. The van der Waals surface area contributed by atoms with Crippen LogP contribution in [0.3, 0.4) is 0 Å². The van der Waals surface area contributed by atoms with Gasteiger partial charge in [0.1, 0.15) is 5.82 Å². The molecule has 1 unspecified atom stereocenters. The van der Waals surface area contributed by atoms with Crippen molar-refractivity contribution in [3.05, 3.63) is 72.4 Å². The number of halogens is 1. The molecule has 4 rings (SSSR count). The van der Waals surface area contributed by atoms with Gasteiger partial charge in [0.25, 0.3) is 5.91 Å². The fourth-order valence-corrected chi connectivity index (χ4v) is 3.65. The lowest BCUT2D eigenvalue weighted by Crippen LogP contribution is -2.51. The minimum Gasteiger partial charge on any atom is -0.459 e. The van der Waals surface area contributed by atoms with Gasteiger partial charge in [-0.3, -0.25) is 9.59 Å². The summed E-state index contributed by atoms with van der Waals surface area (Å²) in [6.07, 6.45) is 1.46. The lowest BCUT2D eigenvalue weighted by molar-refractivity contribution is -0.117. The summed E-state index contributed by atoms with van der Waals surface area (Å²) < 4.78 is 18.6. The topological polar surface area (TPSA) is 53.8 Å². The highest BCUT2D eigenvalue weighted by Gasteiger charge is 2.34. The van der Waals surface area contributed by atoms with Crippen LogP contribution >= 0.6 is 0 Å². The number of nitrogens with zero attached hydrogens (tertiary/aromatic N) is 2. The maximum atomic E-state index is 13.3. The quantitative estimate of drug-likeness (QED) is 0.660. The van der Waals surface area contributed by atoms with Gasteiger partial charge in [0.2, 0.25) is 5.91 Å². The molecule has 0 N–H and O–H groups in total. The molecule has 1 aliphatic heterocycles. The molecule has 6 heteroatoms. The number of anilines is 2. The van der Waals surface area contributed by atoms with Crippen LogP contribution < -0.4 is 9.80 Å². The number of amides is 2. The van der Waals surface area contributed by atoms with E-state index in [-0.39, 0.29) is 29.4 Å². The van der Waals surface area contributed by atoms with Crippen molar-refractivity contribution in [3.63, 3.8) is 0 Å². The van der Waals surface area contributed by atoms with E-state index in [1.54, 1.807) is 34.1 Å². The second-order valence-electron chi connectivity index (χ2n) is 6.84. The third-order valence-corrected chi connectivity index (χ3v) is 4.91. The van der Waals surface area contributed by atoms with Gasteiger partial charge in [0.15, 0.2) is 5.76 Å². The number of rotatable bonds is 2. The molecule has 2 heterocycles. The van der Waals surface area contributed by atoms with Crippen molar-refractivity contribution in [3.8, 4) is 11.1 Å². The van der Waals surface area contributed by atoms with Crippen molar-refractivity contribution < 1.29 is 18.4 Å². The van der Waals surface area contributed by atoms with E-state index in [1.165, 1.54) is 25.3 Å². The van der Waals surface area contributed by atoms with Crippen molar-refractivity contribution >= 4 is 23.2 Å². The zero-order chi connectivity index (χ0) is 19.8. The Balaban J connectivity index is 1.84. The number of carbonyl (C=O) groups is 2. The Kier molecular flexibility index (Phi) is 4.47. The van der Waals surface area contributed by atoms with Crippen LogP contribution in [0.1, 0.15) is 24.4 Å². The average Bonchev–Trinajstić information content (AvgIpc) is 3.21.